The zero-order valence-electron chi connectivity index (χ0n) is 29.6. The summed E-state index contributed by atoms with van der Waals surface area (Å²) < 4.78 is 62.6. The van der Waals surface area contributed by atoms with Gasteiger partial charge in [0.2, 0.25) is 22.7 Å². The molecule has 3 N–H and O–H groups in total. The van der Waals surface area contributed by atoms with Crippen molar-refractivity contribution in [3.05, 3.63) is 48.0 Å². The third kappa shape index (κ3) is 10.7. The highest BCUT2D eigenvalue weighted by Crippen LogP contribution is 2.35. The van der Waals surface area contributed by atoms with E-state index in [1.807, 2.05) is 26.0 Å². The van der Waals surface area contributed by atoms with Gasteiger partial charge in [0.05, 0.1) is 42.8 Å². The highest BCUT2D eigenvalue weighted by atomic mass is 32.2. The first-order chi connectivity index (χ1) is 24.5. The quantitative estimate of drug-likeness (QED) is 0.180. The van der Waals surface area contributed by atoms with Crippen LogP contribution in [0, 0.1) is 11.8 Å². The number of aliphatic hydroxyl groups is 1. The van der Waals surface area contributed by atoms with Crippen molar-refractivity contribution < 1.29 is 51.5 Å². The largest absolute Gasteiger partial charge is 0.494 e. The van der Waals surface area contributed by atoms with Crippen molar-refractivity contribution in [1.82, 2.24) is 14.9 Å². The number of nitrogens with zero attached hydrogens (tertiary/aromatic N) is 1. The van der Waals surface area contributed by atoms with Crippen LogP contribution in [0.3, 0.4) is 0 Å². The second kappa shape index (κ2) is 18.2. The van der Waals surface area contributed by atoms with Crippen LogP contribution >= 0.6 is 0 Å². The van der Waals surface area contributed by atoms with Crippen LogP contribution in [0.25, 0.3) is 0 Å². The zero-order valence-corrected chi connectivity index (χ0v) is 30.4. The van der Waals surface area contributed by atoms with Gasteiger partial charge in [-0.3, -0.25) is 4.79 Å². The molecule has 3 aliphatic heterocycles. The number of amides is 2. The Labute approximate surface area is 300 Å². The van der Waals surface area contributed by atoms with Crippen molar-refractivity contribution in [2.24, 2.45) is 11.8 Å². The minimum atomic E-state index is -4.08. The summed E-state index contributed by atoms with van der Waals surface area (Å²) in [6, 6.07) is 10.7. The fourth-order valence-corrected chi connectivity index (χ4v) is 7.88. The first-order valence-corrected chi connectivity index (χ1v) is 19.2. The number of unbranched alkanes of at least 4 members (excludes halogenated alkanes) is 1. The van der Waals surface area contributed by atoms with Gasteiger partial charge < -0.3 is 44.2 Å². The molecule has 51 heavy (non-hydrogen) atoms. The molecule has 0 radical (unpaired) electrons. The molecule has 14 nitrogen and oxygen atoms in total. The summed E-state index contributed by atoms with van der Waals surface area (Å²) in [5, 5.41) is 17.4. The molecule has 0 aromatic heterocycles. The van der Waals surface area contributed by atoms with Crippen LogP contribution < -0.4 is 24.8 Å². The van der Waals surface area contributed by atoms with E-state index in [9.17, 15) is 23.1 Å². The number of alkyl carbamates (subject to hydrolysis) is 1. The van der Waals surface area contributed by atoms with E-state index in [1.54, 1.807) is 18.2 Å². The molecule has 0 aliphatic carbocycles. The Kier molecular flexibility index (Phi) is 13.8. The van der Waals surface area contributed by atoms with E-state index in [0.717, 1.165) is 18.4 Å². The molecule has 0 saturated carbocycles. The molecule has 5 rings (SSSR count). The second-order valence-corrected chi connectivity index (χ2v) is 15.5. The number of ether oxygens (including phenoxy) is 6. The summed E-state index contributed by atoms with van der Waals surface area (Å²) in [5.41, 5.74) is 0.768. The Bertz CT molecular complexity index is 1560. The molecule has 3 aliphatic rings. The molecule has 5 unspecified atom stereocenters. The molecule has 2 aromatic carbocycles. The Morgan fingerprint density at radius 3 is 2.59 bits per heavy atom. The fraction of sp³-hybridized carbons (Fsp3) is 0.611. The lowest BCUT2D eigenvalue weighted by atomic mass is 10.0. The number of rotatable bonds is 19. The molecular weight excluding hydrogens is 682 g/mol. The normalized spacial score (nSPS) is 20.6. The third-order valence-electron chi connectivity index (χ3n) is 9.00. The maximum Gasteiger partial charge on any atom is 0.407 e. The highest BCUT2D eigenvalue weighted by molar-refractivity contribution is 7.89. The summed E-state index contributed by atoms with van der Waals surface area (Å²) in [6.07, 6.45) is 0.830. The Balaban J connectivity index is 1.26. The molecular formula is C36H51N3O11S. The topological polar surface area (TPSA) is 171 Å². The van der Waals surface area contributed by atoms with Crippen LogP contribution in [0.5, 0.6) is 17.2 Å². The summed E-state index contributed by atoms with van der Waals surface area (Å²) in [4.78, 5) is 25.2. The van der Waals surface area contributed by atoms with Gasteiger partial charge >= 0.3 is 6.09 Å². The van der Waals surface area contributed by atoms with E-state index >= 15 is 0 Å². The van der Waals surface area contributed by atoms with Crippen LogP contribution in [-0.4, -0.2) is 101 Å². The highest BCUT2D eigenvalue weighted by Gasteiger charge is 2.44. The molecule has 2 fully saturated rings. The third-order valence-corrected chi connectivity index (χ3v) is 10.8. The number of aliphatic hydroxyl groups excluding tert-OH is 1. The first-order valence-electron chi connectivity index (χ1n) is 17.8. The summed E-state index contributed by atoms with van der Waals surface area (Å²) in [6.45, 7) is 7.46. The Hall–Kier alpha value is -3.63. The molecule has 2 amide bonds. The standard InChI is InChI=1S/C36H51N3O11S/c1-4-5-15-37-34(41)7-6-16-45-26-10-8-25(9-11-26)18-29(38-36(42)50-33-22-47-35-28(33)14-17-46-35)30(40)21-39(20-24(2)3)51(43,44)27-12-13-31-32(19-27)49-23-48-31/h8-13,19,24,28-30,33,35,40H,4-7,14-18,20-23H2,1-3H3,(H,37,41)(H,38,42). The average molecular weight is 734 g/mol. The maximum atomic E-state index is 13.9. The van der Waals surface area contributed by atoms with Crippen molar-refractivity contribution >= 4 is 22.0 Å². The van der Waals surface area contributed by atoms with Crippen LogP contribution in [0.1, 0.15) is 58.4 Å². The van der Waals surface area contributed by atoms with E-state index in [4.69, 9.17) is 28.4 Å². The molecule has 3 heterocycles. The molecule has 282 valence electrons. The van der Waals surface area contributed by atoms with Crippen LogP contribution in [0.15, 0.2) is 47.4 Å². The fourth-order valence-electron chi connectivity index (χ4n) is 6.25. The van der Waals surface area contributed by atoms with E-state index in [-0.39, 0.29) is 55.5 Å². The van der Waals surface area contributed by atoms with Gasteiger partial charge in [-0.1, -0.05) is 39.3 Å². The van der Waals surface area contributed by atoms with Crippen LogP contribution in [0.4, 0.5) is 4.79 Å². The Morgan fingerprint density at radius 2 is 1.82 bits per heavy atom. The van der Waals surface area contributed by atoms with Crippen molar-refractivity contribution in [2.45, 2.75) is 88.7 Å². The lowest BCUT2D eigenvalue weighted by Crippen LogP contribution is -2.51. The summed E-state index contributed by atoms with van der Waals surface area (Å²) >= 11 is 0. The van der Waals surface area contributed by atoms with E-state index in [1.165, 1.54) is 16.4 Å². The number of hydrogen-bond acceptors (Lipinski definition) is 11. The first kappa shape index (κ1) is 38.6. The van der Waals surface area contributed by atoms with E-state index in [2.05, 4.69) is 17.6 Å². The minimum absolute atomic E-state index is 0.00311. The smallest absolute Gasteiger partial charge is 0.407 e. The maximum absolute atomic E-state index is 13.9. The van der Waals surface area contributed by atoms with Gasteiger partial charge in [-0.05, 0) is 61.4 Å². The van der Waals surface area contributed by atoms with Crippen LogP contribution in [0.2, 0.25) is 0 Å². The predicted molar refractivity (Wildman–Crippen MR) is 186 cm³/mol. The lowest BCUT2D eigenvalue weighted by Gasteiger charge is -2.31. The lowest BCUT2D eigenvalue weighted by molar-refractivity contribution is -0.121. The predicted octanol–water partition coefficient (Wildman–Crippen LogP) is 3.60. The van der Waals surface area contributed by atoms with E-state index in [0.29, 0.717) is 56.3 Å². The molecule has 5 atom stereocenters. The van der Waals surface area contributed by atoms with E-state index < -0.39 is 40.7 Å². The number of nitrogens with one attached hydrogen (secondary N) is 2. The Morgan fingerprint density at radius 1 is 1.04 bits per heavy atom. The number of sulfonamides is 1. The van der Waals surface area contributed by atoms with Crippen molar-refractivity contribution in [2.75, 3.05) is 46.2 Å². The van der Waals surface area contributed by atoms with Gasteiger partial charge in [0.15, 0.2) is 17.8 Å². The van der Waals surface area contributed by atoms with Crippen molar-refractivity contribution in [3.63, 3.8) is 0 Å². The SMILES string of the molecule is CCCCNC(=O)CCCOc1ccc(CC(NC(=O)OC2COC3OCCC23)C(O)CN(CC(C)C)S(=O)(=O)c2ccc3c(c2)OCO3)cc1. The van der Waals surface area contributed by atoms with Crippen molar-refractivity contribution in [1.29, 1.82) is 0 Å². The molecule has 2 aromatic rings. The minimum Gasteiger partial charge on any atom is -0.494 e. The van der Waals surface area contributed by atoms with Gasteiger partial charge in [-0.2, -0.15) is 4.31 Å². The molecule has 0 bridgehead atoms. The number of carbonyl (C=O) groups is 2. The molecule has 0 spiro atoms. The van der Waals surface area contributed by atoms with Gasteiger partial charge in [0, 0.05) is 32.1 Å². The summed E-state index contributed by atoms with van der Waals surface area (Å²) in [7, 11) is -4.08. The van der Waals surface area contributed by atoms with Gasteiger partial charge in [0.25, 0.3) is 0 Å². The molecule has 15 heteroatoms. The average Bonchev–Trinajstić information content (AvgIpc) is 3.85. The summed E-state index contributed by atoms with van der Waals surface area (Å²) in [5.74, 6) is 1.26. The zero-order chi connectivity index (χ0) is 36.4. The van der Waals surface area contributed by atoms with Gasteiger partial charge in [0.1, 0.15) is 11.9 Å². The number of fused-ring (bicyclic) bond motifs is 2. The second-order valence-electron chi connectivity index (χ2n) is 13.5. The van der Waals surface area contributed by atoms with Crippen LogP contribution in [-0.2, 0) is 35.4 Å². The molecule has 2 saturated heterocycles. The van der Waals surface area contributed by atoms with Gasteiger partial charge in [-0.15, -0.1) is 0 Å². The monoisotopic (exact) mass is 733 g/mol. The number of carbonyl (C=O) groups excluding carboxylic acids is 2. The number of hydrogen-bond donors (Lipinski definition) is 3. The van der Waals surface area contributed by atoms with Crippen molar-refractivity contribution in [3.8, 4) is 17.2 Å². The van der Waals surface area contributed by atoms with Gasteiger partial charge in [-0.25, -0.2) is 13.2 Å². The number of benzene rings is 2.